The molecule has 4 nitrogen and oxygen atoms in total. The van der Waals surface area contributed by atoms with Crippen molar-refractivity contribution in [2.75, 3.05) is 0 Å². The van der Waals surface area contributed by atoms with Gasteiger partial charge in [0, 0.05) is 24.1 Å². The van der Waals surface area contributed by atoms with Crippen LogP contribution in [0.1, 0.15) is 39.5 Å². The van der Waals surface area contributed by atoms with Gasteiger partial charge in [-0.3, -0.25) is 14.6 Å². The zero-order valence-corrected chi connectivity index (χ0v) is 17.7. The molecule has 1 aromatic heterocycles. The van der Waals surface area contributed by atoms with E-state index in [1.165, 1.54) is 10.8 Å². The molecule has 32 heavy (non-hydrogen) atoms. The van der Waals surface area contributed by atoms with Gasteiger partial charge in [0.25, 0.3) is 5.91 Å². The van der Waals surface area contributed by atoms with Crippen LogP contribution in [0.25, 0.3) is 10.8 Å². The minimum Gasteiger partial charge on any atom is -0.346 e. The van der Waals surface area contributed by atoms with E-state index in [1.807, 2.05) is 54.6 Å². The number of hydrogen-bond acceptors (Lipinski definition) is 3. The fourth-order valence-corrected chi connectivity index (χ4v) is 4.26. The average Bonchev–Trinajstić information content (AvgIpc) is 3.64. The van der Waals surface area contributed by atoms with E-state index in [0.29, 0.717) is 24.3 Å². The largest absolute Gasteiger partial charge is 0.346 e. The van der Waals surface area contributed by atoms with Gasteiger partial charge in [-0.1, -0.05) is 60.7 Å². The molecule has 4 heteroatoms. The van der Waals surface area contributed by atoms with Crippen molar-refractivity contribution in [3.8, 4) is 0 Å². The summed E-state index contributed by atoms with van der Waals surface area (Å²) in [6.07, 6.45) is 3.07. The molecule has 3 aromatic carbocycles. The van der Waals surface area contributed by atoms with Crippen molar-refractivity contribution in [2.24, 2.45) is 5.92 Å². The smallest absolute Gasteiger partial charge is 0.251 e. The maximum atomic E-state index is 12.8. The van der Waals surface area contributed by atoms with E-state index in [-0.39, 0.29) is 17.7 Å². The minimum atomic E-state index is -0.123. The Hall–Kier alpha value is -3.79. The van der Waals surface area contributed by atoms with Crippen LogP contribution in [-0.2, 0) is 17.8 Å². The van der Waals surface area contributed by atoms with Crippen molar-refractivity contribution >= 4 is 22.5 Å². The number of Topliss-reactive ketones (excluding diaryl/α,β-unsaturated/α-hetero) is 1. The van der Waals surface area contributed by atoms with Crippen molar-refractivity contribution in [1.29, 1.82) is 0 Å². The molecule has 4 aromatic rings. The first-order valence-electron chi connectivity index (χ1n) is 11.0. The SMILES string of the molecule is O=C(NCc1ccccn1)c1ccc(C2CC2C(=O)Cc2ccc3ccccc3c2)cc1. The summed E-state index contributed by atoms with van der Waals surface area (Å²) in [5.74, 6) is 0.503. The lowest BCUT2D eigenvalue weighted by atomic mass is 9.99. The second-order valence-electron chi connectivity index (χ2n) is 8.40. The molecule has 5 rings (SSSR count). The van der Waals surface area contributed by atoms with Gasteiger partial charge in [0.2, 0.25) is 0 Å². The van der Waals surface area contributed by atoms with Crippen LogP contribution in [0.3, 0.4) is 0 Å². The normalized spacial score (nSPS) is 17.1. The highest BCUT2D eigenvalue weighted by Gasteiger charge is 2.43. The average molecular weight is 421 g/mol. The number of rotatable bonds is 7. The summed E-state index contributed by atoms with van der Waals surface area (Å²) in [5, 5.41) is 5.25. The molecule has 1 N–H and O–H groups in total. The van der Waals surface area contributed by atoms with Crippen molar-refractivity contribution in [3.63, 3.8) is 0 Å². The first-order chi connectivity index (χ1) is 15.7. The molecule has 2 unspecified atom stereocenters. The molecule has 0 spiro atoms. The maximum absolute atomic E-state index is 12.8. The minimum absolute atomic E-state index is 0.0744. The second-order valence-corrected chi connectivity index (χ2v) is 8.40. The third-order valence-electron chi connectivity index (χ3n) is 6.15. The number of carbonyl (C=O) groups excluding carboxylic acids is 2. The zero-order chi connectivity index (χ0) is 21.9. The summed E-state index contributed by atoms with van der Waals surface area (Å²) in [7, 11) is 0. The topological polar surface area (TPSA) is 59.1 Å². The Labute approximate surface area is 187 Å². The van der Waals surface area contributed by atoms with E-state index >= 15 is 0 Å². The number of nitrogens with zero attached hydrogens (tertiary/aromatic N) is 1. The van der Waals surface area contributed by atoms with E-state index in [2.05, 4.69) is 40.6 Å². The lowest BCUT2D eigenvalue weighted by Crippen LogP contribution is -2.23. The fourth-order valence-electron chi connectivity index (χ4n) is 4.26. The zero-order valence-electron chi connectivity index (χ0n) is 17.7. The summed E-state index contributed by atoms with van der Waals surface area (Å²) in [4.78, 5) is 29.4. The van der Waals surface area contributed by atoms with Crippen LogP contribution in [0, 0.1) is 5.92 Å². The Bertz CT molecular complexity index is 1270. The van der Waals surface area contributed by atoms with E-state index in [0.717, 1.165) is 23.2 Å². The summed E-state index contributed by atoms with van der Waals surface area (Å²) in [6.45, 7) is 0.398. The third kappa shape index (κ3) is 4.45. The van der Waals surface area contributed by atoms with Crippen molar-refractivity contribution in [1.82, 2.24) is 10.3 Å². The molecule has 1 heterocycles. The first-order valence-corrected chi connectivity index (χ1v) is 11.0. The quantitative estimate of drug-likeness (QED) is 0.454. The van der Waals surface area contributed by atoms with Crippen molar-refractivity contribution in [3.05, 3.63) is 114 Å². The molecule has 1 amide bonds. The molecule has 1 fully saturated rings. The number of carbonyl (C=O) groups is 2. The van der Waals surface area contributed by atoms with E-state index in [4.69, 9.17) is 0 Å². The number of ketones is 1. The molecule has 0 aliphatic heterocycles. The highest BCUT2D eigenvalue weighted by molar-refractivity contribution is 5.94. The van der Waals surface area contributed by atoms with Crippen LogP contribution in [-0.4, -0.2) is 16.7 Å². The Morgan fingerprint density at radius 1 is 0.875 bits per heavy atom. The lowest BCUT2D eigenvalue weighted by molar-refractivity contribution is -0.119. The highest BCUT2D eigenvalue weighted by Crippen LogP contribution is 2.48. The van der Waals surface area contributed by atoms with Gasteiger partial charge in [0.15, 0.2) is 0 Å². The molecule has 1 aliphatic rings. The highest BCUT2D eigenvalue weighted by atomic mass is 16.1. The van der Waals surface area contributed by atoms with E-state index in [1.54, 1.807) is 6.20 Å². The Kier molecular flexibility index (Phi) is 5.51. The predicted octanol–water partition coefficient (Wildman–Crippen LogP) is 5.08. The van der Waals surface area contributed by atoms with Crippen molar-refractivity contribution in [2.45, 2.75) is 25.3 Å². The fraction of sp³-hybridized carbons (Fsp3) is 0.179. The van der Waals surface area contributed by atoms with Gasteiger partial charge < -0.3 is 5.32 Å². The van der Waals surface area contributed by atoms with E-state index in [9.17, 15) is 9.59 Å². The van der Waals surface area contributed by atoms with Gasteiger partial charge in [-0.25, -0.2) is 0 Å². The molecule has 1 aliphatic carbocycles. The second kappa shape index (κ2) is 8.75. The summed E-state index contributed by atoms with van der Waals surface area (Å²) < 4.78 is 0. The Balaban J connectivity index is 1.17. The van der Waals surface area contributed by atoms with Crippen LogP contribution >= 0.6 is 0 Å². The van der Waals surface area contributed by atoms with Crippen LogP contribution in [0.4, 0.5) is 0 Å². The van der Waals surface area contributed by atoms with Gasteiger partial charge in [-0.15, -0.1) is 0 Å². The van der Waals surface area contributed by atoms with Gasteiger partial charge >= 0.3 is 0 Å². The molecular weight excluding hydrogens is 396 g/mol. The number of pyridine rings is 1. The van der Waals surface area contributed by atoms with Crippen LogP contribution in [0.5, 0.6) is 0 Å². The Morgan fingerprint density at radius 3 is 2.44 bits per heavy atom. The lowest BCUT2D eigenvalue weighted by Gasteiger charge is -2.06. The summed E-state index contributed by atoms with van der Waals surface area (Å²) >= 11 is 0. The van der Waals surface area contributed by atoms with E-state index < -0.39 is 0 Å². The molecule has 1 saturated carbocycles. The number of hydrogen-bond donors (Lipinski definition) is 1. The molecule has 2 atom stereocenters. The third-order valence-corrected chi connectivity index (χ3v) is 6.15. The summed E-state index contributed by atoms with van der Waals surface area (Å²) in [6, 6.07) is 27.7. The number of nitrogens with one attached hydrogen (secondary N) is 1. The molecule has 0 saturated heterocycles. The molecule has 158 valence electrons. The van der Waals surface area contributed by atoms with Gasteiger partial charge in [-0.2, -0.15) is 0 Å². The maximum Gasteiger partial charge on any atom is 0.251 e. The number of amides is 1. The predicted molar refractivity (Wildman–Crippen MR) is 125 cm³/mol. The van der Waals surface area contributed by atoms with Crippen molar-refractivity contribution < 1.29 is 9.59 Å². The number of aromatic nitrogens is 1. The van der Waals surface area contributed by atoms with Gasteiger partial charge in [0.05, 0.1) is 12.2 Å². The first kappa shape index (κ1) is 20.1. The molecule has 0 radical (unpaired) electrons. The number of benzene rings is 3. The standard InChI is InChI=1S/C28H24N2O2/c31-27(16-19-8-9-20-5-1-2-6-23(20)15-19)26-17-25(26)21-10-12-22(13-11-21)28(32)30-18-24-7-3-4-14-29-24/h1-15,25-26H,16-18H2,(H,30,32). The van der Waals surface area contributed by atoms with Crippen LogP contribution in [0.2, 0.25) is 0 Å². The van der Waals surface area contributed by atoms with Crippen LogP contribution in [0.15, 0.2) is 91.1 Å². The molecule has 0 bridgehead atoms. The monoisotopic (exact) mass is 420 g/mol. The summed E-state index contributed by atoms with van der Waals surface area (Å²) in [5.41, 5.74) is 3.63. The Morgan fingerprint density at radius 2 is 1.66 bits per heavy atom. The number of fused-ring (bicyclic) bond motifs is 1. The van der Waals surface area contributed by atoms with Crippen LogP contribution < -0.4 is 5.32 Å². The van der Waals surface area contributed by atoms with Gasteiger partial charge in [-0.05, 0) is 58.5 Å². The van der Waals surface area contributed by atoms with Gasteiger partial charge in [0.1, 0.15) is 5.78 Å². The molecular formula is C28H24N2O2.